The number of hydrogen-bond donors (Lipinski definition) is 1. The monoisotopic (exact) mass is 148 g/mol. The highest BCUT2D eigenvalue weighted by atomic mass is 16.5. The van der Waals surface area contributed by atoms with Gasteiger partial charge in [0, 0.05) is 11.6 Å². The summed E-state index contributed by atoms with van der Waals surface area (Å²) in [4.78, 5) is 0. The van der Waals surface area contributed by atoms with E-state index in [9.17, 15) is 5.11 Å². The summed E-state index contributed by atoms with van der Waals surface area (Å²) >= 11 is 0. The van der Waals surface area contributed by atoms with Gasteiger partial charge in [0.25, 0.3) is 0 Å². The maximum Gasteiger partial charge on any atom is 0.145 e. The van der Waals surface area contributed by atoms with Crippen molar-refractivity contribution in [2.24, 2.45) is 0 Å². The number of aliphatic hydroxyl groups is 1. The molecule has 2 heteroatoms. The van der Waals surface area contributed by atoms with Gasteiger partial charge in [-0.2, -0.15) is 0 Å². The first kappa shape index (κ1) is 6.28. The third-order valence-corrected chi connectivity index (χ3v) is 1.73. The summed E-state index contributed by atoms with van der Waals surface area (Å²) in [6, 6.07) is 0. The maximum atomic E-state index is 9.33. The van der Waals surface area contributed by atoms with Crippen molar-refractivity contribution in [3.63, 3.8) is 0 Å². The number of allylic oxidation sites excluding steroid dienone is 3. The van der Waals surface area contributed by atoms with Crippen LogP contribution in [0.5, 0.6) is 0 Å². The van der Waals surface area contributed by atoms with Gasteiger partial charge < -0.3 is 9.84 Å². The van der Waals surface area contributed by atoms with Crippen molar-refractivity contribution >= 4 is 0 Å². The van der Waals surface area contributed by atoms with Crippen LogP contribution in [0.15, 0.2) is 48.0 Å². The summed E-state index contributed by atoms with van der Waals surface area (Å²) in [5.41, 5.74) is 0.829. The molecule has 1 N–H and O–H groups in total. The van der Waals surface area contributed by atoms with Crippen LogP contribution in [-0.2, 0) is 4.74 Å². The lowest BCUT2D eigenvalue weighted by molar-refractivity contribution is 0.203. The largest absolute Gasteiger partial charge is 0.507 e. The molecule has 56 valence electrons. The van der Waals surface area contributed by atoms with Crippen molar-refractivity contribution in [1.82, 2.24) is 0 Å². The zero-order valence-corrected chi connectivity index (χ0v) is 5.90. The molecule has 0 saturated carbocycles. The molecule has 0 amide bonds. The van der Waals surface area contributed by atoms with Gasteiger partial charge in [-0.25, -0.2) is 0 Å². The fourth-order valence-electron chi connectivity index (χ4n) is 1.16. The van der Waals surface area contributed by atoms with E-state index in [2.05, 4.69) is 0 Å². The summed E-state index contributed by atoms with van der Waals surface area (Å²) in [7, 11) is 0. The van der Waals surface area contributed by atoms with Crippen LogP contribution in [0.4, 0.5) is 0 Å². The zero-order chi connectivity index (χ0) is 7.68. The number of rotatable bonds is 0. The van der Waals surface area contributed by atoms with E-state index < -0.39 is 0 Å². The highest BCUT2D eigenvalue weighted by molar-refractivity contribution is 5.41. The molecule has 0 fully saturated rings. The van der Waals surface area contributed by atoms with Gasteiger partial charge in [-0.3, -0.25) is 0 Å². The van der Waals surface area contributed by atoms with Crippen LogP contribution in [0.3, 0.4) is 0 Å². The van der Waals surface area contributed by atoms with Gasteiger partial charge in [-0.05, 0) is 6.08 Å². The second-order valence-corrected chi connectivity index (χ2v) is 2.44. The molecule has 1 unspecified atom stereocenters. The molecule has 0 aromatic heterocycles. The predicted octanol–water partition coefficient (Wildman–Crippen LogP) is 1.84. The molecule has 0 aromatic carbocycles. The standard InChI is InChI=1S/C9H8O2/c10-8-5-6-11-9-4-2-1-3-7(8)9/h1-6,9-10H. The molecule has 1 aliphatic carbocycles. The van der Waals surface area contributed by atoms with Crippen LogP contribution in [0.25, 0.3) is 0 Å². The van der Waals surface area contributed by atoms with Crippen LogP contribution in [0, 0.1) is 0 Å². The molecule has 2 rings (SSSR count). The molecule has 1 atom stereocenters. The van der Waals surface area contributed by atoms with Crippen LogP contribution >= 0.6 is 0 Å². The van der Waals surface area contributed by atoms with Gasteiger partial charge >= 0.3 is 0 Å². The first-order valence-corrected chi connectivity index (χ1v) is 3.48. The highest BCUT2D eigenvalue weighted by Gasteiger charge is 2.17. The average molecular weight is 148 g/mol. The lowest BCUT2D eigenvalue weighted by Crippen LogP contribution is -2.15. The van der Waals surface area contributed by atoms with E-state index in [4.69, 9.17) is 4.74 Å². The molecular formula is C9H8O2. The molecule has 0 radical (unpaired) electrons. The van der Waals surface area contributed by atoms with Crippen molar-refractivity contribution in [3.05, 3.63) is 48.0 Å². The van der Waals surface area contributed by atoms with Crippen molar-refractivity contribution in [2.75, 3.05) is 0 Å². The third-order valence-electron chi connectivity index (χ3n) is 1.73. The molecule has 0 spiro atoms. The van der Waals surface area contributed by atoms with E-state index in [1.807, 2.05) is 24.3 Å². The Morgan fingerprint density at radius 1 is 1.27 bits per heavy atom. The SMILES string of the molecule is OC1=C2C=CC=CC2OC=C1. The molecule has 2 nitrogen and oxygen atoms in total. The molecule has 1 aliphatic heterocycles. The van der Waals surface area contributed by atoms with Gasteiger partial charge in [-0.1, -0.05) is 18.2 Å². The van der Waals surface area contributed by atoms with Crippen LogP contribution in [0.2, 0.25) is 0 Å². The summed E-state index contributed by atoms with van der Waals surface area (Å²) in [6.45, 7) is 0. The Bertz CT molecular complexity index is 282. The zero-order valence-electron chi connectivity index (χ0n) is 5.90. The minimum atomic E-state index is -0.0926. The summed E-state index contributed by atoms with van der Waals surface area (Å²) in [5.74, 6) is 0.293. The molecule has 2 aliphatic rings. The first-order valence-electron chi connectivity index (χ1n) is 3.48. The van der Waals surface area contributed by atoms with Gasteiger partial charge in [0.05, 0.1) is 6.26 Å². The molecule has 0 saturated heterocycles. The van der Waals surface area contributed by atoms with Gasteiger partial charge in [0.2, 0.25) is 0 Å². The number of aliphatic hydroxyl groups excluding tert-OH is 1. The van der Waals surface area contributed by atoms with E-state index in [-0.39, 0.29) is 6.10 Å². The Labute approximate surface area is 64.8 Å². The van der Waals surface area contributed by atoms with E-state index >= 15 is 0 Å². The lowest BCUT2D eigenvalue weighted by Gasteiger charge is -2.20. The van der Waals surface area contributed by atoms with Gasteiger partial charge in [0.15, 0.2) is 0 Å². The Kier molecular flexibility index (Phi) is 1.32. The Morgan fingerprint density at radius 2 is 2.18 bits per heavy atom. The summed E-state index contributed by atoms with van der Waals surface area (Å²) < 4.78 is 5.22. The maximum absolute atomic E-state index is 9.33. The fourth-order valence-corrected chi connectivity index (χ4v) is 1.16. The molecule has 11 heavy (non-hydrogen) atoms. The second-order valence-electron chi connectivity index (χ2n) is 2.44. The molecular weight excluding hydrogens is 140 g/mol. The Morgan fingerprint density at radius 3 is 3.00 bits per heavy atom. The number of hydrogen-bond acceptors (Lipinski definition) is 2. The van der Waals surface area contributed by atoms with Crippen molar-refractivity contribution in [3.8, 4) is 0 Å². The smallest absolute Gasteiger partial charge is 0.145 e. The van der Waals surface area contributed by atoms with Gasteiger partial charge in [-0.15, -0.1) is 0 Å². The van der Waals surface area contributed by atoms with E-state index in [1.54, 1.807) is 6.08 Å². The van der Waals surface area contributed by atoms with Crippen molar-refractivity contribution in [2.45, 2.75) is 6.10 Å². The first-order chi connectivity index (χ1) is 5.38. The fraction of sp³-hybridized carbons (Fsp3) is 0.111. The third kappa shape index (κ3) is 0.963. The highest BCUT2D eigenvalue weighted by Crippen LogP contribution is 2.22. The summed E-state index contributed by atoms with van der Waals surface area (Å²) in [6.07, 6.45) is 10.5. The van der Waals surface area contributed by atoms with E-state index in [0.717, 1.165) is 5.57 Å². The van der Waals surface area contributed by atoms with Crippen LogP contribution in [0.1, 0.15) is 0 Å². The topological polar surface area (TPSA) is 29.5 Å². The summed E-state index contributed by atoms with van der Waals surface area (Å²) in [5, 5.41) is 9.33. The predicted molar refractivity (Wildman–Crippen MR) is 41.9 cm³/mol. The lowest BCUT2D eigenvalue weighted by atomic mass is 10.0. The Balaban J connectivity index is 2.43. The van der Waals surface area contributed by atoms with Crippen LogP contribution < -0.4 is 0 Å². The Hall–Kier alpha value is -1.44. The molecule has 0 aromatic rings. The van der Waals surface area contributed by atoms with Crippen molar-refractivity contribution in [1.29, 1.82) is 0 Å². The average Bonchev–Trinajstić information content (AvgIpc) is 2.06. The van der Waals surface area contributed by atoms with E-state index in [0.29, 0.717) is 5.76 Å². The van der Waals surface area contributed by atoms with E-state index in [1.165, 1.54) is 6.26 Å². The number of ether oxygens (including phenoxy) is 1. The minimum Gasteiger partial charge on any atom is -0.507 e. The van der Waals surface area contributed by atoms with Gasteiger partial charge in [0.1, 0.15) is 11.9 Å². The molecule has 1 heterocycles. The molecule has 0 bridgehead atoms. The number of fused-ring (bicyclic) bond motifs is 1. The van der Waals surface area contributed by atoms with Crippen molar-refractivity contribution < 1.29 is 9.84 Å². The van der Waals surface area contributed by atoms with Crippen LogP contribution in [-0.4, -0.2) is 11.2 Å². The quantitative estimate of drug-likeness (QED) is 0.568. The second kappa shape index (κ2) is 2.31. The minimum absolute atomic E-state index is 0.0926. The normalized spacial score (nSPS) is 26.7.